The molecule has 1 aromatic heterocycles. The highest BCUT2D eigenvalue weighted by Gasteiger charge is 1.98. The largest absolute Gasteiger partial charge is 0.343 e. The summed E-state index contributed by atoms with van der Waals surface area (Å²) >= 11 is 8.55. The van der Waals surface area contributed by atoms with E-state index in [2.05, 4.69) is 25.9 Å². The van der Waals surface area contributed by atoms with E-state index in [0.717, 1.165) is 21.2 Å². The molecular formula is C9H7BrN2S. The topological polar surface area (TPSA) is 28.7 Å². The number of aromatic nitrogens is 2. The molecule has 0 unspecified atom stereocenters. The first-order valence-corrected chi connectivity index (χ1v) is 5.03. The number of aryl methyl sites for hydroxylation is 1. The van der Waals surface area contributed by atoms with E-state index in [0.29, 0.717) is 4.64 Å². The maximum atomic E-state index is 5.14. The van der Waals surface area contributed by atoms with Crippen LogP contribution in [-0.4, -0.2) is 9.97 Å². The molecule has 0 aliphatic heterocycles. The van der Waals surface area contributed by atoms with Gasteiger partial charge in [-0.3, -0.25) is 0 Å². The SMILES string of the molecule is Cc1nc(=S)c2ccc(Br)cc2[nH]1. The van der Waals surface area contributed by atoms with Crippen molar-refractivity contribution >= 4 is 39.1 Å². The van der Waals surface area contributed by atoms with Gasteiger partial charge in [0.2, 0.25) is 0 Å². The number of H-pyrrole nitrogens is 1. The first kappa shape index (κ1) is 8.84. The Bertz CT molecular complexity index is 513. The smallest absolute Gasteiger partial charge is 0.137 e. The summed E-state index contributed by atoms with van der Waals surface area (Å²) in [5.41, 5.74) is 1.02. The van der Waals surface area contributed by atoms with Gasteiger partial charge < -0.3 is 4.98 Å². The van der Waals surface area contributed by atoms with Crippen molar-refractivity contribution in [2.75, 3.05) is 0 Å². The van der Waals surface area contributed by atoms with Crippen LogP contribution in [0.4, 0.5) is 0 Å². The third-order valence-corrected chi connectivity index (χ3v) is 2.60. The van der Waals surface area contributed by atoms with E-state index >= 15 is 0 Å². The van der Waals surface area contributed by atoms with Crippen LogP contribution in [0.5, 0.6) is 0 Å². The van der Waals surface area contributed by atoms with Crippen molar-refractivity contribution in [2.45, 2.75) is 6.92 Å². The van der Waals surface area contributed by atoms with Crippen molar-refractivity contribution in [2.24, 2.45) is 0 Å². The second kappa shape index (κ2) is 3.20. The van der Waals surface area contributed by atoms with Gasteiger partial charge in [-0.1, -0.05) is 28.1 Å². The summed E-state index contributed by atoms with van der Waals surface area (Å²) in [6, 6.07) is 5.92. The number of hydrogen-bond acceptors (Lipinski definition) is 2. The van der Waals surface area contributed by atoms with Crippen LogP contribution in [0.3, 0.4) is 0 Å². The molecule has 2 aromatic rings. The molecule has 0 spiro atoms. The first-order chi connectivity index (χ1) is 6.16. The summed E-state index contributed by atoms with van der Waals surface area (Å²) in [6.07, 6.45) is 0. The standard InChI is InChI=1S/C9H7BrN2S/c1-5-11-8-4-6(10)2-3-7(8)9(13)12-5/h2-4H,1H3,(H,11,12,13). The monoisotopic (exact) mass is 254 g/mol. The van der Waals surface area contributed by atoms with Crippen molar-refractivity contribution in [1.82, 2.24) is 9.97 Å². The molecular weight excluding hydrogens is 248 g/mol. The Balaban J connectivity index is 2.95. The minimum atomic E-state index is 0.652. The van der Waals surface area contributed by atoms with E-state index in [-0.39, 0.29) is 0 Å². The lowest BCUT2D eigenvalue weighted by Crippen LogP contribution is -1.89. The Labute approximate surface area is 89.1 Å². The number of benzene rings is 1. The Morgan fingerprint density at radius 1 is 1.46 bits per heavy atom. The Kier molecular flexibility index (Phi) is 2.17. The number of rotatable bonds is 0. The fourth-order valence-electron chi connectivity index (χ4n) is 1.24. The van der Waals surface area contributed by atoms with E-state index in [1.54, 1.807) is 0 Å². The number of fused-ring (bicyclic) bond motifs is 1. The maximum Gasteiger partial charge on any atom is 0.137 e. The first-order valence-electron chi connectivity index (χ1n) is 3.83. The molecule has 0 aliphatic carbocycles. The van der Waals surface area contributed by atoms with Crippen molar-refractivity contribution < 1.29 is 0 Å². The zero-order chi connectivity index (χ0) is 9.42. The van der Waals surface area contributed by atoms with Crippen LogP contribution >= 0.6 is 28.1 Å². The summed E-state index contributed by atoms with van der Waals surface area (Å²) in [6.45, 7) is 1.90. The molecule has 4 heteroatoms. The lowest BCUT2D eigenvalue weighted by Gasteiger charge is -2.00. The van der Waals surface area contributed by atoms with Crippen LogP contribution in [-0.2, 0) is 0 Å². The van der Waals surface area contributed by atoms with Crippen LogP contribution in [0.1, 0.15) is 5.82 Å². The van der Waals surface area contributed by atoms with Gasteiger partial charge in [0.25, 0.3) is 0 Å². The van der Waals surface area contributed by atoms with Gasteiger partial charge in [-0.25, -0.2) is 4.98 Å². The van der Waals surface area contributed by atoms with Gasteiger partial charge in [0.05, 0.1) is 5.52 Å². The minimum Gasteiger partial charge on any atom is -0.343 e. The number of hydrogen-bond donors (Lipinski definition) is 1. The molecule has 0 atom stereocenters. The highest BCUT2D eigenvalue weighted by atomic mass is 79.9. The lowest BCUT2D eigenvalue weighted by molar-refractivity contribution is 1.08. The van der Waals surface area contributed by atoms with Crippen LogP contribution in [0, 0.1) is 11.6 Å². The van der Waals surface area contributed by atoms with Gasteiger partial charge in [-0.2, -0.15) is 0 Å². The van der Waals surface area contributed by atoms with Crippen molar-refractivity contribution in [3.63, 3.8) is 0 Å². The molecule has 0 fully saturated rings. The van der Waals surface area contributed by atoms with Gasteiger partial charge in [-0.15, -0.1) is 0 Å². The summed E-state index contributed by atoms with van der Waals surface area (Å²) in [5, 5.41) is 0.990. The van der Waals surface area contributed by atoms with Gasteiger partial charge in [0.1, 0.15) is 10.5 Å². The van der Waals surface area contributed by atoms with Gasteiger partial charge in [0, 0.05) is 9.86 Å². The van der Waals surface area contributed by atoms with E-state index in [9.17, 15) is 0 Å². The average molecular weight is 255 g/mol. The molecule has 0 saturated carbocycles. The average Bonchev–Trinajstić information content (AvgIpc) is 2.02. The van der Waals surface area contributed by atoms with Crippen LogP contribution < -0.4 is 0 Å². The maximum absolute atomic E-state index is 5.14. The normalized spacial score (nSPS) is 10.6. The Morgan fingerprint density at radius 3 is 3.00 bits per heavy atom. The van der Waals surface area contributed by atoms with Gasteiger partial charge in [0.15, 0.2) is 0 Å². The fraction of sp³-hybridized carbons (Fsp3) is 0.111. The summed E-state index contributed by atoms with van der Waals surface area (Å²) < 4.78 is 1.69. The summed E-state index contributed by atoms with van der Waals surface area (Å²) in [4.78, 5) is 7.34. The predicted octanol–water partition coefficient (Wildman–Crippen LogP) is 3.36. The second-order valence-corrected chi connectivity index (χ2v) is 4.12. The highest BCUT2D eigenvalue weighted by Crippen LogP contribution is 2.18. The molecule has 2 nitrogen and oxygen atoms in total. The van der Waals surface area contributed by atoms with E-state index in [1.165, 1.54) is 0 Å². The molecule has 0 radical (unpaired) electrons. The van der Waals surface area contributed by atoms with Crippen molar-refractivity contribution in [3.8, 4) is 0 Å². The Hall–Kier alpha value is -0.740. The molecule has 0 aliphatic rings. The predicted molar refractivity (Wildman–Crippen MR) is 59.4 cm³/mol. The van der Waals surface area contributed by atoms with E-state index in [1.807, 2.05) is 25.1 Å². The molecule has 1 heterocycles. The number of halogens is 1. The molecule has 2 rings (SSSR count). The quantitative estimate of drug-likeness (QED) is 0.731. The highest BCUT2D eigenvalue weighted by molar-refractivity contribution is 9.10. The third-order valence-electron chi connectivity index (χ3n) is 1.80. The summed E-state index contributed by atoms with van der Waals surface area (Å²) in [7, 11) is 0. The summed E-state index contributed by atoms with van der Waals surface area (Å²) in [5.74, 6) is 0.843. The van der Waals surface area contributed by atoms with Crippen molar-refractivity contribution in [1.29, 1.82) is 0 Å². The molecule has 1 aromatic carbocycles. The van der Waals surface area contributed by atoms with E-state index < -0.39 is 0 Å². The Morgan fingerprint density at radius 2 is 2.23 bits per heavy atom. The molecule has 0 bridgehead atoms. The number of nitrogens with zero attached hydrogens (tertiary/aromatic N) is 1. The zero-order valence-electron chi connectivity index (χ0n) is 6.97. The molecule has 1 N–H and O–H groups in total. The van der Waals surface area contributed by atoms with Crippen molar-refractivity contribution in [3.05, 3.63) is 33.1 Å². The van der Waals surface area contributed by atoms with Crippen LogP contribution in [0.15, 0.2) is 22.7 Å². The second-order valence-electron chi connectivity index (χ2n) is 2.82. The third kappa shape index (κ3) is 1.64. The molecule has 0 saturated heterocycles. The molecule has 66 valence electrons. The molecule has 0 amide bonds. The number of nitrogens with one attached hydrogen (secondary N) is 1. The number of aromatic amines is 1. The zero-order valence-corrected chi connectivity index (χ0v) is 9.37. The molecule has 13 heavy (non-hydrogen) atoms. The fourth-order valence-corrected chi connectivity index (χ4v) is 1.92. The van der Waals surface area contributed by atoms with Gasteiger partial charge >= 0.3 is 0 Å². The van der Waals surface area contributed by atoms with E-state index in [4.69, 9.17) is 12.2 Å². The van der Waals surface area contributed by atoms with Crippen LogP contribution in [0.25, 0.3) is 10.9 Å². The van der Waals surface area contributed by atoms with Gasteiger partial charge in [-0.05, 0) is 25.1 Å². The minimum absolute atomic E-state index is 0.652. The lowest BCUT2D eigenvalue weighted by atomic mass is 10.2. The van der Waals surface area contributed by atoms with Crippen LogP contribution in [0.2, 0.25) is 0 Å².